The molecule has 0 saturated carbocycles. The molecule has 1 aromatic heterocycles. The normalized spacial score (nSPS) is 12.6. The highest BCUT2D eigenvalue weighted by molar-refractivity contribution is 9.10. The number of aromatic nitrogens is 1. The molecule has 27 heavy (non-hydrogen) atoms. The molecule has 0 saturated heterocycles. The number of carbonyl (C=O) groups is 2. The van der Waals surface area contributed by atoms with Crippen molar-refractivity contribution < 1.29 is 22.8 Å². The Kier molecular flexibility index (Phi) is 7.12. The van der Waals surface area contributed by atoms with Gasteiger partial charge in [-0.3, -0.25) is 9.59 Å². The largest absolute Gasteiger partial charge is 0.454 e. The van der Waals surface area contributed by atoms with Crippen LogP contribution in [0.4, 0.5) is 19.0 Å². The lowest BCUT2D eigenvalue weighted by atomic mass is 10.1. The number of hydrogen-bond acceptors (Lipinski definition) is 4. The summed E-state index contributed by atoms with van der Waals surface area (Å²) in [4.78, 5) is 27.5. The fraction of sp³-hybridized carbons (Fsp3) is 0.167. The smallest absolute Gasteiger partial charge is 0.379 e. The van der Waals surface area contributed by atoms with Crippen molar-refractivity contribution in [1.29, 1.82) is 0 Å². The molecule has 1 heterocycles. The minimum Gasteiger partial charge on any atom is -0.379 e. The lowest BCUT2D eigenvalue weighted by Gasteiger charge is -2.17. The molecule has 2 aromatic rings. The Hall–Kier alpha value is -2.68. The number of anilines is 1. The molecule has 0 aliphatic carbocycles. The van der Waals surface area contributed by atoms with Gasteiger partial charge in [0.2, 0.25) is 5.91 Å². The third kappa shape index (κ3) is 6.86. The highest BCUT2D eigenvalue weighted by Gasteiger charge is 2.36. The molecule has 0 bridgehead atoms. The zero-order chi connectivity index (χ0) is 19.9. The fourth-order valence-corrected chi connectivity index (χ4v) is 2.31. The lowest BCUT2D eigenvalue weighted by molar-refractivity contribution is -0.165. The van der Waals surface area contributed by atoms with Crippen LogP contribution < -0.4 is 10.6 Å². The van der Waals surface area contributed by atoms with Gasteiger partial charge in [-0.25, -0.2) is 4.98 Å². The van der Waals surface area contributed by atoms with Crippen LogP contribution in [-0.2, 0) is 16.0 Å². The SMILES string of the molecule is O=C(Nc1ccc(Br)cn1)C(Cc1ccccc1)N/C=C/C(=O)C(F)(F)F. The molecule has 1 aromatic carbocycles. The highest BCUT2D eigenvalue weighted by Crippen LogP contribution is 2.16. The van der Waals surface area contributed by atoms with E-state index in [2.05, 4.69) is 31.5 Å². The quantitative estimate of drug-likeness (QED) is 0.643. The summed E-state index contributed by atoms with van der Waals surface area (Å²) in [6, 6.07) is 11.3. The second-order valence-corrected chi connectivity index (χ2v) is 6.37. The zero-order valence-electron chi connectivity index (χ0n) is 13.8. The van der Waals surface area contributed by atoms with Crippen molar-refractivity contribution in [2.75, 3.05) is 5.32 Å². The average molecular weight is 442 g/mol. The first-order chi connectivity index (χ1) is 12.8. The first kappa shape index (κ1) is 20.6. The van der Waals surface area contributed by atoms with Crippen molar-refractivity contribution in [2.45, 2.75) is 18.6 Å². The lowest BCUT2D eigenvalue weighted by Crippen LogP contribution is -2.40. The number of nitrogens with zero attached hydrogens (tertiary/aromatic N) is 1. The first-order valence-electron chi connectivity index (χ1n) is 7.76. The standard InChI is InChI=1S/C18H15BrF3N3O2/c19-13-6-7-16(24-11-13)25-17(27)14(10-12-4-2-1-3-5-12)23-9-8-15(26)18(20,21)22/h1-9,11,14,23H,10H2,(H,24,25,27)/b9-8+. The van der Waals surface area contributed by atoms with Gasteiger partial charge in [0.25, 0.3) is 5.78 Å². The zero-order valence-corrected chi connectivity index (χ0v) is 15.4. The molecular weight excluding hydrogens is 427 g/mol. The molecule has 5 nitrogen and oxygen atoms in total. The summed E-state index contributed by atoms with van der Waals surface area (Å²) in [6.45, 7) is 0. The number of rotatable bonds is 7. The van der Waals surface area contributed by atoms with Gasteiger partial charge < -0.3 is 10.6 Å². The van der Waals surface area contributed by atoms with Gasteiger partial charge in [0.05, 0.1) is 0 Å². The number of benzene rings is 1. The summed E-state index contributed by atoms with van der Waals surface area (Å²) >= 11 is 3.23. The number of amides is 1. The van der Waals surface area contributed by atoms with Crippen LogP contribution in [0.15, 0.2) is 65.4 Å². The van der Waals surface area contributed by atoms with Crippen molar-refractivity contribution in [3.8, 4) is 0 Å². The van der Waals surface area contributed by atoms with Gasteiger partial charge in [-0.1, -0.05) is 30.3 Å². The van der Waals surface area contributed by atoms with E-state index in [1.54, 1.807) is 42.5 Å². The Balaban J connectivity index is 2.10. The van der Waals surface area contributed by atoms with E-state index in [4.69, 9.17) is 0 Å². The summed E-state index contributed by atoms with van der Waals surface area (Å²) in [5.74, 6) is -2.22. The van der Waals surface area contributed by atoms with Crippen molar-refractivity contribution >= 4 is 33.4 Å². The maximum absolute atomic E-state index is 12.5. The third-order valence-corrected chi connectivity index (χ3v) is 3.86. The van der Waals surface area contributed by atoms with Crippen LogP contribution in [-0.4, -0.2) is 28.9 Å². The molecule has 9 heteroatoms. The number of pyridine rings is 1. The van der Waals surface area contributed by atoms with Crippen molar-refractivity contribution in [3.63, 3.8) is 0 Å². The highest BCUT2D eigenvalue weighted by atomic mass is 79.9. The Morgan fingerprint density at radius 1 is 1.15 bits per heavy atom. The van der Waals surface area contributed by atoms with E-state index in [0.717, 1.165) is 16.2 Å². The van der Waals surface area contributed by atoms with Crippen LogP contribution in [0.5, 0.6) is 0 Å². The van der Waals surface area contributed by atoms with Crippen LogP contribution in [0, 0.1) is 0 Å². The number of halogens is 4. The number of nitrogens with one attached hydrogen (secondary N) is 2. The molecule has 142 valence electrons. The molecule has 0 spiro atoms. The predicted octanol–water partition coefficient (Wildman–Crippen LogP) is 3.63. The molecule has 1 amide bonds. The van der Waals surface area contributed by atoms with E-state index in [0.29, 0.717) is 11.9 Å². The molecule has 0 fully saturated rings. The van der Waals surface area contributed by atoms with Gasteiger partial charge in [0.1, 0.15) is 11.9 Å². The summed E-state index contributed by atoms with van der Waals surface area (Å²) in [5, 5.41) is 5.14. The van der Waals surface area contributed by atoms with E-state index in [-0.39, 0.29) is 6.42 Å². The first-order valence-corrected chi connectivity index (χ1v) is 8.55. The van der Waals surface area contributed by atoms with Gasteiger partial charge >= 0.3 is 6.18 Å². The average Bonchev–Trinajstić information content (AvgIpc) is 2.62. The molecule has 0 radical (unpaired) electrons. The van der Waals surface area contributed by atoms with E-state index >= 15 is 0 Å². The number of ketones is 1. The Morgan fingerprint density at radius 3 is 2.44 bits per heavy atom. The van der Waals surface area contributed by atoms with Crippen LogP contribution in [0.25, 0.3) is 0 Å². The van der Waals surface area contributed by atoms with E-state index < -0.39 is 23.9 Å². The van der Waals surface area contributed by atoms with E-state index in [1.807, 2.05) is 0 Å². The summed E-state index contributed by atoms with van der Waals surface area (Å²) in [7, 11) is 0. The molecule has 2 N–H and O–H groups in total. The fourth-order valence-electron chi connectivity index (χ4n) is 2.07. The molecule has 0 aliphatic rings. The molecule has 1 unspecified atom stereocenters. The molecule has 1 atom stereocenters. The van der Waals surface area contributed by atoms with Gasteiger partial charge in [-0.15, -0.1) is 0 Å². The Labute approximate surface area is 161 Å². The van der Waals surface area contributed by atoms with Crippen molar-refractivity contribution in [2.24, 2.45) is 0 Å². The Morgan fingerprint density at radius 2 is 1.85 bits per heavy atom. The summed E-state index contributed by atoms with van der Waals surface area (Å²) < 4.78 is 37.6. The second-order valence-electron chi connectivity index (χ2n) is 5.46. The second kappa shape index (κ2) is 9.31. The maximum Gasteiger partial charge on any atom is 0.454 e. The van der Waals surface area contributed by atoms with Crippen LogP contribution >= 0.6 is 15.9 Å². The van der Waals surface area contributed by atoms with Crippen molar-refractivity contribution in [3.05, 3.63) is 71.0 Å². The third-order valence-electron chi connectivity index (χ3n) is 3.39. The molecule has 2 rings (SSSR count). The molecular formula is C18H15BrF3N3O2. The number of hydrogen-bond donors (Lipinski definition) is 2. The topological polar surface area (TPSA) is 71.1 Å². The van der Waals surface area contributed by atoms with Gasteiger partial charge in [0, 0.05) is 29.4 Å². The van der Waals surface area contributed by atoms with Gasteiger partial charge in [0.15, 0.2) is 0 Å². The summed E-state index contributed by atoms with van der Waals surface area (Å²) in [5.41, 5.74) is 0.796. The van der Waals surface area contributed by atoms with Crippen LogP contribution in [0.3, 0.4) is 0 Å². The van der Waals surface area contributed by atoms with Gasteiger partial charge in [-0.05, 0) is 33.6 Å². The number of alkyl halides is 3. The maximum atomic E-state index is 12.5. The Bertz CT molecular complexity index is 809. The molecule has 0 aliphatic heterocycles. The minimum atomic E-state index is -4.96. The van der Waals surface area contributed by atoms with Gasteiger partial charge in [-0.2, -0.15) is 13.2 Å². The van der Waals surface area contributed by atoms with E-state index in [1.165, 1.54) is 6.20 Å². The van der Waals surface area contributed by atoms with E-state index in [9.17, 15) is 22.8 Å². The number of carbonyl (C=O) groups excluding carboxylic acids is 2. The summed E-state index contributed by atoms with van der Waals surface area (Å²) in [6.07, 6.45) is -2.08. The minimum absolute atomic E-state index is 0.202. The van der Waals surface area contributed by atoms with Crippen LogP contribution in [0.2, 0.25) is 0 Å². The predicted molar refractivity (Wildman–Crippen MR) is 97.8 cm³/mol. The number of allylic oxidation sites excluding steroid dienone is 1. The van der Waals surface area contributed by atoms with Crippen LogP contribution in [0.1, 0.15) is 5.56 Å². The monoisotopic (exact) mass is 441 g/mol. The van der Waals surface area contributed by atoms with Crippen molar-refractivity contribution in [1.82, 2.24) is 10.3 Å².